The molecule has 0 fully saturated rings. The van der Waals surface area contributed by atoms with E-state index in [4.69, 9.17) is 26.6 Å². The van der Waals surface area contributed by atoms with Crippen LogP contribution in [0.5, 0.6) is 5.75 Å². The van der Waals surface area contributed by atoms with Crippen LogP contribution < -0.4 is 10.1 Å². The fraction of sp³-hybridized carbons (Fsp3) is 0.333. The molecule has 0 atom stereocenters. The van der Waals surface area contributed by atoms with Crippen molar-refractivity contribution in [1.82, 2.24) is 10.3 Å². The number of halogens is 1. The Morgan fingerprint density at radius 1 is 1.23 bits per heavy atom. The number of ether oxygens (including phenoxy) is 1. The number of aromatic nitrogens is 1. The summed E-state index contributed by atoms with van der Waals surface area (Å²) in [6.45, 7) is 4.19. The van der Waals surface area contributed by atoms with Crippen LogP contribution in [-0.2, 0) is 16.0 Å². The fourth-order valence-corrected chi connectivity index (χ4v) is 2.61. The normalized spacial score (nSPS) is 10.6. The van der Waals surface area contributed by atoms with Crippen LogP contribution in [0.25, 0.3) is 10.9 Å². The lowest BCUT2D eigenvalue weighted by molar-refractivity contribution is -0.134. The minimum atomic E-state index is -1.26. The lowest BCUT2D eigenvalue weighted by Gasteiger charge is -2.06. The van der Waals surface area contributed by atoms with Crippen molar-refractivity contribution in [3.05, 3.63) is 41.1 Å². The number of nitrogens with one attached hydrogen (secondary N) is 2. The summed E-state index contributed by atoms with van der Waals surface area (Å²) < 4.78 is 5.26. The van der Waals surface area contributed by atoms with Gasteiger partial charge in [-0.1, -0.05) is 18.5 Å². The zero-order valence-corrected chi connectivity index (χ0v) is 15.5. The van der Waals surface area contributed by atoms with E-state index in [1.165, 1.54) is 5.56 Å². The van der Waals surface area contributed by atoms with Gasteiger partial charge in [-0.25, -0.2) is 9.59 Å². The molecule has 1 heterocycles. The monoisotopic (exact) mass is 382 g/mol. The number of carboxylic acid groups (broad SMARTS) is 2. The number of aliphatic carboxylic acids is 2. The molecule has 0 bridgehead atoms. The molecule has 8 heteroatoms. The van der Waals surface area contributed by atoms with Crippen molar-refractivity contribution >= 4 is 34.4 Å². The molecular weight excluding hydrogens is 360 g/mol. The van der Waals surface area contributed by atoms with E-state index in [-0.39, 0.29) is 0 Å². The maximum atomic E-state index is 9.55. The van der Waals surface area contributed by atoms with Crippen LogP contribution in [0.15, 0.2) is 30.5 Å². The molecule has 1 aromatic carbocycles. The molecule has 0 amide bonds. The summed E-state index contributed by atoms with van der Waals surface area (Å²) in [6.07, 6.45) is 5.27. The van der Waals surface area contributed by atoms with Crippen molar-refractivity contribution in [2.45, 2.75) is 19.8 Å². The summed E-state index contributed by atoms with van der Waals surface area (Å²) in [6, 6.07) is 3.89. The number of rotatable bonds is 8. The van der Waals surface area contributed by atoms with Gasteiger partial charge in [0.05, 0.1) is 12.1 Å². The first kappa shape index (κ1) is 21.5. The molecule has 0 radical (unpaired) electrons. The number of fused-ring (bicyclic) bond motifs is 1. The number of H-pyrrole nitrogens is 1. The maximum absolute atomic E-state index is 9.55. The van der Waals surface area contributed by atoms with E-state index in [2.05, 4.69) is 17.2 Å². The average molecular weight is 383 g/mol. The van der Waals surface area contributed by atoms with Crippen molar-refractivity contribution in [2.75, 3.05) is 20.2 Å². The molecule has 142 valence electrons. The highest BCUT2D eigenvalue weighted by Gasteiger charge is 2.11. The second-order valence-corrected chi connectivity index (χ2v) is 5.71. The molecule has 7 nitrogen and oxygen atoms in total. The van der Waals surface area contributed by atoms with E-state index >= 15 is 0 Å². The Bertz CT molecular complexity index is 754. The summed E-state index contributed by atoms with van der Waals surface area (Å²) in [7, 11) is 1.64. The molecule has 2 aromatic rings. The molecule has 1 aromatic heterocycles. The highest BCUT2D eigenvalue weighted by molar-refractivity contribution is 6.37. The topological polar surface area (TPSA) is 112 Å². The van der Waals surface area contributed by atoms with Crippen molar-refractivity contribution in [3.63, 3.8) is 0 Å². The van der Waals surface area contributed by atoms with Crippen LogP contribution in [0.2, 0.25) is 5.02 Å². The van der Waals surface area contributed by atoms with E-state index < -0.39 is 11.9 Å². The average Bonchev–Trinajstić information content (AvgIpc) is 3.02. The van der Waals surface area contributed by atoms with Gasteiger partial charge in [0.2, 0.25) is 0 Å². The van der Waals surface area contributed by atoms with E-state index in [1.54, 1.807) is 7.11 Å². The van der Waals surface area contributed by atoms with E-state index in [9.17, 15) is 9.59 Å². The summed E-state index contributed by atoms with van der Waals surface area (Å²) in [5.41, 5.74) is 2.30. The summed E-state index contributed by atoms with van der Waals surface area (Å²) in [5.74, 6) is -1.79. The fourth-order valence-electron chi connectivity index (χ4n) is 2.25. The first-order valence-corrected chi connectivity index (χ1v) is 8.45. The van der Waals surface area contributed by atoms with Gasteiger partial charge < -0.3 is 25.3 Å². The number of hydrogen-bond acceptors (Lipinski definition) is 4. The van der Waals surface area contributed by atoms with Gasteiger partial charge in [-0.05, 0) is 43.6 Å². The predicted octanol–water partition coefficient (Wildman–Crippen LogP) is 3.08. The van der Waals surface area contributed by atoms with Crippen LogP contribution in [0, 0.1) is 0 Å². The van der Waals surface area contributed by atoms with Gasteiger partial charge in [0.25, 0.3) is 0 Å². The number of carboxylic acids is 2. The number of carbonyl (C=O) groups is 2. The molecule has 0 spiro atoms. The Morgan fingerprint density at radius 3 is 2.42 bits per heavy atom. The highest BCUT2D eigenvalue weighted by Crippen LogP contribution is 2.34. The maximum Gasteiger partial charge on any atom is 0.328 e. The Labute approximate surface area is 156 Å². The number of methoxy groups -OCH3 is 1. The van der Waals surface area contributed by atoms with Gasteiger partial charge in [0.1, 0.15) is 5.75 Å². The van der Waals surface area contributed by atoms with Crippen LogP contribution >= 0.6 is 11.6 Å². The lowest BCUT2D eigenvalue weighted by atomic mass is 10.1. The molecule has 0 aliphatic heterocycles. The molecule has 26 heavy (non-hydrogen) atoms. The molecule has 0 unspecified atom stereocenters. The van der Waals surface area contributed by atoms with Crippen molar-refractivity contribution in [2.24, 2.45) is 0 Å². The van der Waals surface area contributed by atoms with Crippen LogP contribution in [0.1, 0.15) is 18.9 Å². The number of hydrogen-bond donors (Lipinski definition) is 4. The number of aromatic amines is 1. The Kier molecular flexibility index (Phi) is 9.25. The quantitative estimate of drug-likeness (QED) is 0.412. The Morgan fingerprint density at radius 2 is 1.88 bits per heavy atom. The van der Waals surface area contributed by atoms with E-state index in [0.717, 1.165) is 42.6 Å². The molecular formula is C18H23ClN2O5. The van der Waals surface area contributed by atoms with Gasteiger partial charge in [-0.2, -0.15) is 0 Å². The van der Waals surface area contributed by atoms with Crippen molar-refractivity contribution < 1.29 is 24.5 Å². The van der Waals surface area contributed by atoms with Crippen LogP contribution in [-0.4, -0.2) is 47.3 Å². The third-order valence-corrected chi connectivity index (χ3v) is 3.79. The minimum absolute atomic E-state index is 0.558. The molecule has 4 N–H and O–H groups in total. The van der Waals surface area contributed by atoms with Gasteiger partial charge in [0, 0.05) is 29.3 Å². The van der Waals surface area contributed by atoms with Gasteiger partial charge >= 0.3 is 11.9 Å². The van der Waals surface area contributed by atoms with Crippen molar-refractivity contribution in [1.29, 1.82) is 0 Å². The summed E-state index contributed by atoms with van der Waals surface area (Å²) in [4.78, 5) is 22.4. The molecule has 2 rings (SSSR count). The predicted molar refractivity (Wildman–Crippen MR) is 101 cm³/mol. The van der Waals surface area contributed by atoms with Gasteiger partial charge in [0.15, 0.2) is 0 Å². The van der Waals surface area contributed by atoms with Crippen LogP contribution in [0.4, 0.5) is 0 Å². The van der Waals surface area contributed by atoms with Crippen molar-refractivity contribution in [3.8, 4) is 5.75 Å². The minimum Gasteiger partial charge on any atom is -0.495 e. The highest BCUT2D eigenvalue weighted by atomic mass is 35.5. The molecule has 0 saturated carbocycles. The van der Waals surface area contributed by atoms with E-state index in [1.807, 2.05) is 18.3 Å². The molecule has 0 aliphatic rings. The standard InChI is InChI=1S/C14H19ClN2O.C4H4O4/c1-3-7-16-8-6-10-9-17-11-4-5-12(18-2)14(15)13(10)11;5-3(6)1-2-4(7)8/h4-5,9,16-17H,3,6-8H2,1-2H3;1-2H,(H,5,6)(H,7,8). The third kappa shape index (κ3) is 6.78. The third-order valence-electron chi connectivity index (χ3n) is 3.42. The van der Waals surface area contributed by atoms with Crippen LogP contribution in [0.3, 0.4) is 0 Å². The summed E-state index contributed by atoms with van der Waals surface area (Å²) >= 11 is 6.36. The largest absolute Gasteiger partial charge is 0.495 e. The second-order valence-electron chi connectivity index (χ2n) is 5.33. The van der Waals surface area contributed by atoms with Gasteiger partial charge in [-0.3, -0.25) is 0 Å². The van der Waals surface area contributed by atoms with Gasteiger partial charge in [-0.15, -0.1) is 0 Å². The molecule has 0 aliphatic carbocycles. The second kappa shape index (κ2) is 11.2. The SMILES string of the molecule is CCCNCCc1c[nH]c2ccc(OC)c(Cl)c12.O=C(O)C=CC(=O)O. The zero-order valence-electron chi connectivity index (χ0n) is 14.7. The zero-order chi connectivity index (χ0) is 19.5. The first-order chi connectivity index (χ1) is 12.4. The van der Waals surface area contributed by atoms with E-state index in [0.29, 0.717) is 17.2 Å². The lowest BCUT2D eigenvalue weighted by Crippen LogP contribution is -2.17. The Balaban J connectivity index is 0.000000359. The molecule has 0 saturated heterocycles. The number of benzene rings is 1. The Hall–Kier alpha value is -2.51. The smallest absolute Gasteiger partial charge is 0.328 e. The summed E-state index contributed by atoms with van der Waals surface area (Å²) in [5, 5.41) is 20.8. The first-order valence-electron chi connectivity index (χ1n) is 8.07.